The average Bonchev–Trinajstić information content (AvgIpc) is 2.82. The van der Waals surface area contributed by atoms with E-state index in [0.29, 0.717) is 42.0 Å². The molecule has 8 nitrogen and oxygen atoms in total. The van der Waals surface area contributed by atoms with Gasteiger partial charge in [0.05, 0.1) is 5.02 Å². The molecule has 2 aromatic rings. The second kappa shape index (κ2) is 16.2. The van der Waals surface area contributed by atoms with Gasteiger partial charge in [0.25, 0.3) is 0 Å². The summed E-state index contributed by atoms with van der Waals surface area (Å²) in [5, 5.41) is 10.4. The maximum atomic E-state index is 13.0. The number of carbonyl (C=O) groups is 1. The highest BCUT2D eigenvalue weighted by atomic mass is 35.5. The van der Waals surface area contributed by atoms with E-state index in [4.69, 9.17) is 35.4 Å². The van der Waals surface area contributed by atoms with Crippen molar-refractivity contribution in [2.45, 2.75) is 63.9 Å². The molecule has 2 aromatic carbocycles. The number of sulfonamides is 1. The molecule has 0 saturated carbocycles. The summed E-state index contributed by atoms with van der Waals surface area (Å²) in [6.45, 7) is 9.18. The van der Waals surface area contributed by atoms with E-state index < -0.39 is 10.0 Å². The van der Waals surface area contributed by atoms with Crippen LogP contribution in [0, 0.1) is 5.92 Å². The quantitative estimate of drug-likeness (QED) is 0.156. The van der Waals surface area contributed by atoms with Gasteiger partial charge in [-0.2, -0.15) is 0 Å². The number of nitrogens with zero attached hydrogens (tertiary/aromatic N) is 1. The van der Waals surface area contributed by atoms with Crippen molar-refractivity contribution >= 4 is 62.3 Å². The lowest BCUT2D eigenvalue weighted by Gasteiger charge is -2.31. The summed E-state index contributed by atoms with van der Waals surface area (Å²) >= 11 is 17.5. The fourth-order valence-corrected chi connectivity index (χ4v) is 6.04. The molecule has 0 spiro atoms. The van der Waals surface area contributed by atoms with Crippen molar-refractivity contribution in [1.82, 2.24) is 20.3 Å². The van der Waals surface area contributed by atoms with E-state index in [9.17, 15) is 13.2 Å². The largest absolute Gasteiger partial charge is 0.358 e. The predicted molar refractivity (Wildman–Crippen MR) is 165 cm³/mol. The van der Waals surface area contributed by atoms with Gasteiger partial charge in [-0.05, 0) is 81.6 Å². The second-order valence-electron chi connectivity index (χ2n) is 10.0. The second-order valence-corrected chi connectivity index (χ2v) is 13.0. The molecule has 0 aliphatic heterocycles. The average molecular weight is 617 g/mol. The molecule has 0 saturated heterocycles. The Morgan fingerprint density at radius 2 is 1.69 bits per heavy atom. The normalized spacial score (nSPS) is 12.3. The summed E-state index contributed by atoms with van der Waals surface area (Å²) < 4.78 is 27.8. The zero-order chi connectivity index (χ0) is 29.0. The number of anilines is 1. The Kier molecular flexibility index (Phi) is 13.8. The molecular formula is C27H39Cl2N5O3S2. The molecule has 4 N–H and O–H groups in total. The molecule has 0 radical (unpaired) electrons. The maximum Gasteiger partial charge on any atom is 0.317 e. The highest BCUT2D eigenvalue weighted by Crippen LogP contribution is 2.24. The van der Waals surface area contributed by atoms with Crippen LogP contribution in [-0.2, 0) is 10.0 Å². The van der Waals surface area contributed by atoms with Gasteiger partial charge in [-0.25, -0.2) is 17.9 Å². The Bertz CT molecular complexity index is 1180. The SMILES string of the molecule is CC(C)C[C@H](CN(CCCCNS(=O)(=O)c1ccc(Cl)cc1Cl)C(=O)NC(C)C)NC(=S)Nc1ccccc1. The van der Waals surface area contributed by atoms with Crippen LogP contribution < -0.4 is 20.7 Å². The van der Waals surface area contributed by atoms with Crippen molar-refractivity contribution < 1.29 is 13.2 Å². The van der Waals surface area contributed by atoms with Crippen molar-refractivity contribution in [3.05, 3.63) is 58.6 Å². The van der Waals surface area contributed by atoms with Gasteiger partial charge in [-0.1, -0.05) is 55.2 Å². The van der Waals surface area contributed by atoms with Gasteiger partial charge in [0.1, 0.15) is 4.90 Å². The van der Waals surface area contributed by atoms with Crippen LogP contribution in [0.4, 0.5) is 10.5 Å². The first-order chi connectivity index (χ1) is 18.4. The third kappa shape index (κ3) is 12.3. The minimum absolute atomic E-state index is 0.0193. The van der Waals surface area contributed by atoms with Crippen molar-refractivity contribution in [1.29, 1.82) is 0 Å². The minimum atomic E-state index is -3.78. The molecular weight excluding hydrogens is 577 g/mol. The van der Waals surface area contributed by atoms with Gasteiger partial charge in [0.2, 0.25) is 10.0 Å². The van der Waals surface area contributed by atoms with Crippen molar-refractivity contribution in [3.8, 4) is 0 Å². The predicted octanol–water partition coefficient (Wildman–Crippen LogP) is 5.87. The van der Waals surface area contributed by atoms with Crippen LogP contribution in [0.3, 0.4) is 0 Å². The molecule has 1 atom stereocenters. The standard InChI is InChI=1S/C27H39Cl2N5O3S2/c1-19(2)16-23(33-26(38)32-22-10-6-5-7-11-22)18-34(27(35)31-20(3)4)15-9-8-14-30-39(36,37)25-13-12-21(28)17-24(25)29/h5-7,10-13,17,19-20,23,30H,8-9,14-16,18H2,1-4H3,(H,31,35)(H2,32,33,38)/t23-/m1/s1. The first-order valence-electron chi connectivity index (χ1n) is 13.0. The molecule has 0 aromatic heterocycles. The monoisotopic (exact) mass is 615 g/mol. The minimum Gasteiger partial charge on any atom is -0.358 e. The summed E-state index contributed by atoms with van der Waals surface area (Å²) in [5.41, 5.74) is 0.884. The van der Waals surface area contributed by atoms with E-state index in [1.807, 2.05) is 44.2 Å². The number of carbonyl (C=O) groups excluding carboxylic acids is 1. The Hall–Kier alpha value is -2.11. The van der Waals surface area contributed by atoms with Crippen LogP contribution >= 0.6 is 35.4 Å². The molecule has 39 heavy (non-hydrogen) atoms. The molecule has 0 bridgehead atoms. The molecule has 12 heteroatoms. The van der Waals surface area contributed by atoms with Crippen LogP contribution in [0.15, 0.2) is 53.4 Å². The number of hydrogen-bond donors (Lipinski definition) is 4. The Balaban J connectivity index is 1.98. The Morgan fingerprint density at radius 1 is 1.00 bits per heavy atom. The van der Waals surface area contributed by atoms with Gasteiger partial charge in [-0.15, -0.1) is 0 Å². The van der Waals surface area contributed by atoms with Crippen LogP contribution in [0.2, 0.25) is 10.0 Å². The number of unbranched alkanes of at least 4 members (excludes halogenated alkanes) is 1. The number of urea groups is 1. The van der Waals surface area contributed by atoms with E-state index in [-0.39, 0.29) is 34.6 Å². The van der Waals surface area contributed by atoms with Gasteiger partial charge < -0.3 is 20.9 Å². The van der Waals surface area contributed by atoms with E-state index >= 15 is 0 Å². The lowest BCUT2D eigenvalue weighted by Crippen LogP contribution is -2.51. The van der Waals surface area contributed by atoms with Crippen LogP contribution in [-0.4, -0.2) is 56.2 Å². The van der Waals surface area contributed by atoms with Crippen LogP contribution in [0.1, 0.15) is 47.0 Å². The first kappa shape index (κ1) is 33.1. The zero-order valence-electron chi connectivity index (χ0n) is 22.8. The highest BCUT2D eigenvalue weighted by Gasteiger charge is 2.22. The van der Waals surface area contributed by atoms with Crippen molar-refractivity contribution in [3.63, 3.8) is 0 Å². The Labute approximate surface area is 248 Å². The fraction of sp³-hybridized carbons (Fsp3) is 0.481. The van der Waals surface area contributed by atoms with E-state index in [0.717, 1.165) is 12.1 Å². The number of nitrogens with one attached hydrogen (secondary N) is 4. The summed E-state index contributed by atoms with van der Waals surface area (Å²) in [6, 6.07) is 13.7. The zero-order valence-corrected chi connectivity index (χ0v) is 26.0. The summed E-state index contributed by atoms with van der Waals surface area (Å²) in [5.74, 6) is 0.381. The molecule has 0 aliphatic carbocycles. The summed E-state index contributed by atoms with van der Waals surface area (Å²) in [6.07, 6.45) is 1.94. The molecule has 0 unspecified atom stereocenters. The highest BCUT2D eigenvalue weighted by molar-refractivity contribution is 7.89. The number of benzene rings is 2. The first-order valence-corrected chi connectivity index (χ1v) is 15.6. The van der Waals surface area contributed by atoms with Gasteiger partial charge in [0.15, 0.2) is 5.11 Å². The lowest BCUT2D eigenvalue weighted by molar-refractivity contribution is 0.186. The maximum absolute atomic E-state index is 13.0. The van der Waals surface area contributed by atoms with Gasteiger partial charge >= 0.3 is 6.03 Å². The number of hydrogen-bond acceptors (Lipinski definition) is 4. The third-order valence-electron chi connectivity index (χ3n) is 5.59. The van der Waals surface area contributed by atoms with Crippen molar-refractivity contribution in [2.24, 2.45) is 5.92 Å². The molecule has 2 amide bonds. The molecule has 0 aliphatic rings. The van der Waals surface area contributed by atoms with Gasteiger partial charge in [-0.3, -0.25) is 0 Å². The van der Waals surface area contributed by atoms with E-state index in [1.165, 1.54) is 18.2 Å². The summed E-state index contributed by atoms with van der Waals surface area (Å²) in [4.78, 5) is 14.8. The third-order valence-corrected chi connectivity index (χ3v) is 7.99. The van der Waals surface area contributed by atoms with Crippen molar-refractivity contribution in [2.75, 3.05) is 25.0 Å². The molecule has 216 valence electrons. The molecule has 0 fully saturated rings. The summed E-state index contributed by atoms with van der Waals surface area (Å²) in [7, 11) is -3.78. The van der Waals surface area contributed by atoms with Crippen LogP contribution in [0.25, 0.3) is 0 Å². The number of halogens is 2. The number of rotatable bonds is 14. The molecule has 0 heterocycles. The van der Waals surface area contributed by atoms with Gasteiger partial charge in [0, 0.05) is 42.4 Å². The number of thiocarbonyl (C=S) groups is 1. The fourth-order valence-electron chi connectivity index (χ4n) is 3.91. The number of para-hydroxylation sites is 1. The lowest BCUT2D eigenvalue weighted by atomic mass is 10.0. The van der Waals surface area contributed by atoms with Crippen LogP contribution in [0.5, 0.6) is 0 Å². The smallest absolute Gasteiger partial charge is 0.317 e. The molecule has 2 rings (SSSR count). The van der Waals surface area contributed by atoms with E-state index in [1.54, 1.807) is 4.90 Å². The topological polar surface area (TPSA) is 103 Å². The Morgan fingerprint density at radius 3 is 2.31 bits per heavy atom. The van der Waals surface area contributed by atoms with E-state index in [2.05, 4.69) is 34.5 Å². The number of amides is 2.